The summed E-state index contributed by atoms with van der Waals surface area (Å²) in [6.45, 7) is 9.81. The van der Waals surface area contributed by atoms with E-state index >= 15 is 0 Å². The van der Waals surface area contributed by atoms with Crippen molar-refractivity contribution in [3.05, 3.63) is 0 Å². The SMILES string of the molecule is CC(=O)NC1CC(C)(C)N(ON)C(C)(C)C1. The van der Waals surface area contributed by atoms with Gasteiger partial charge in [-0.1, -0.05) is 0 Å². The zero-order valence-electron chi connectivity index (χ0n) is 10.8. The van der Waals surface area contributed by atoms with Crippen molar-refractivity contribution >= 4 is 5.91 Å². The van der Waals surface area contributed by atoms with Gasteiger partial charge in [-0.3, -0.25) is 4.79 Å². The second-order valence-electron chi connectivity index (χ2n) is 5.83. The van der Waals surface area contributed by atoms with Gasteiger partial charge in [0.25, 0.3) is 0 Å². The summed E-state index contributed by atoms with van der Waals surface area (Å²) in [5, 5.41) is 4.79. The highest BCUT2D eigenvalue weighted by atomic mass is 16.8. The molecule has 1 aliphatic rings. The van der Waals surface area contributed by atoms with Crippen molar-refractivity contribution in [2.75, 3.05) is 0 Å². The van der Waals surface area contributed by atoms with Gasteiger partial charge in [0, 0.05) is 24.0 Å². The van der Waals surface area contributed by atoms with E-state index in [0.29, 0.717) is 0 Å². The maximum Gasteiger partial charge on any atom is 0.217 e. The number of amides is 1. The van der Waals surface area contributed by atoms with Crippen LogP contribution in [0.15, 0.2) is 0 Å². The molecule has 0 atom stereocenters. The fourth-order valence-corrected chi connectivity index (χ4v) is 2.94. The van der Waals surface area contributed by atoms with E-state index in [1.54, 1.807) is 6.92 Å². The normalized spacial score (nSPS) is 25.4. The van der Waals surface area contributed by atoms with Crippen LogP contribution in [-0.2, 0) is 9.73 Å². The second-order valence-corrected chi connectivity index (χ2v) is 5.83. The molecular formula is C11H23N3O2. The van der Waals surface area contributed by atoms with E-state index in [4.69, 9.17) is 10.8 Å². The lowest BCUT2D eigenvalue weighted by molar-refractivity contribution is -0.287. The molecule has 1 saturated heterocycles. The largest absolute Gasteiger partial charge is 0.353 e. The number of rotatable bonds is 2. The van der Waals surface area contributed by atoms with Gasteiger partial charge in [-0.15, -0.1) is 0 Å². The summed E-state index contributed by atoms with van der Waals surface area (Å²) < 4.78 is 0. The Hall–Kier alpha value is -0.650. The van der Waals surface area contributed by atoms with Crippen molar-refractivity contribution in [2.45, 2.75) is 64.6 Å². The lowest BCUT2D eigenvalue weighted by Gasteiger charge is -2.52. The molecule has 1 heterocycles. The van der Waals surface area contributed by atoms with E-state index < -0.39 is 0 Å². The Morgan fingerprint density at radius 3 is 2.06 bits per heavy atom. The molecule has 1 rings (SSSR count). The molecule has 0 radical (unpaired) electrons. The van der Waals surface area contributed by atoms with Gasteiger partial charge in [0.15, 0.2) is 0 Å². The summed E-state index contributed by atoms with van der Waals surface area (Å²) in [5.74, 6) is 5.35. The molecule has 5 nitrogen and oxygen atoms in total. The quantitative estimate of drug-likeness (QED) is 0.692. The molecule has 0 saturated carbocycles. The highest BCUT2D eigenvalue weighted by Crippen LogP contribution is 2.37. The number of hydroxylamine groups is 2. The first-order valence-corrected chi connectivity index (χ1v) is 5.63. The molecule has 0 unspecified atom stereocenters. The monoisotopic (exact) mass is 229 g/mol. The number of carbonyl (C=O) groups excluding carboxylic acids is 1. The van der Waals surface area contributed by atoms with Crippen LogP contribution in [0.3, 0.4) is 0 Å². The Labute approximate surface area is 97.2 Å². The van der Waals surface area contributed by atoms with Crippen LogP contribution in [0.5, 0.6) is 0 Å². The number of nitrogens with zero attached hydrogens (tertiary/aromatic N) is 1. The molecule has 0 aromatic heterocycles. The topological polar surface area (TPSA) is 67.6 Å². The molecule has 0 aromatic rings. The Morgan fingerprint density at radius 2 is 1.75 bits per heavy atom. The van der Waals surface area contributed by atoms with Crippen molar-refractivity contribution in [3.63, 3.8) is 0 Å². The summed E-state index contributed by atoms with van der Waals surface area (Å²) in [4.78, 5) is 16.1. The van der Waals surface area contributed by atoms with E-state index in [1.165, 1.54) is 0 Å². The fraction of sp³-hybridized carbons (Fsp3) is 0.909. The van der Waals surface area contributed by atoms with Crippen LogP contribution in [0.4, 0.5) is 0 Å². The van der Waals surface area contributed by atoms with Gasteiger partial charge in [-0.05, 0) is 40.5 Å². The first kappa shape index (κ1) is 13.4. The molecule has 1 aliphatic heterocycles. The van der Waals surface area contributed by atoms with Crippen LogP contribution in [0, 0.1) is 0 Å². The standard InChI is InChI=1S/C11H23N3O2/c1-8(15)13-9-6-10(2,3)14(16-12)11(4,5)7-9/h9H,6-7,12H2,1-5H3,(H,13,15). The van der Waals surface area contributed by atoms with Crippen molar-refractivity contribution in [1.82, 2.24) is 10.4 Å². The minimum Gasteiger partial charge on any atom is -0.353 e. The zero-order chi connectivity index (χ0) is 12.6. The molecule has 3 N–H and O–H groups in total. The lowest BCUT2D eigenvalue weighted by Crippen LogP contribution is -2.64. The third-order valence-corrected chi connectivity index (χ3v) is 3.10. The maximum atomic E-state index is 11.1. The minimum absolute atomic E-state index is 0.0127. The summed E-state index contributed by atoms with van der Waals surface area (Å²) >= 11 is 0. The molecule has 1 amide bonds. The number of hydrogen-bond acceptors (Lipinski definition) is 4. The van der Waals surface area contributed by atoms with Gasteiger partial charge in [0.1, 0.15) is 0 Å². The predicted octanol–water partition coefficient (Wildman–Crippen LogP) is 0.949. The van der Waals surface area contributed by atoms with Crippen molar-refractivity contribution in [3.8, 4) is 0 Å². The smallest absolute Gasteiger partial charge is 0.217 e. The highest BCUT2D eigenvalue weighted by Gasteiger charge is 2.46. The summed E-state index contributed by atoms with van der Waals surface area (Å²) in [7, 11) is 0. The minimum atomic E-state index is -0.191. The van der Waals surface area contributed by atoms with Crippen molar-refractivity contribution in [1.29, 1.82) is 0 Å². The van der Waals surface area contributed by atoms with Crippen molar-refractivity contribution < 1.29 is 9.73 Å². The van der Waals surface area contributed by atoms with Gasteiger partial charge in [0.05, 0.1) is 0 Å². The van der Waals surface area contributed by atoms with Crippen LogP contribution >= 0.6 is 0 Å². The average molecular weight is 229 g/mol. The Balaban J connectivity index is 2.84. The van der Waals surface area contributed by atoms with Crippen LogP contribution in [0.25, 0.3) is 0 Å². The van der Waals surface area contributed by atoms with Crippen LogP contribution in [0.2, 0.25) is 0 Å². The van der Waals surface area contributed by atoms with Gasteiger partial charge in [0.2, 0.25) is 5.91 Å². The third kappa shape index (κ3) is 2.72. The maximum absolute atomic E-state index is 11.1. The van der Waals surface area contributed by atoms with Crippen LogP contribution in [0.1, 0.15) is 47.5 Å². The molecule has 0 aromatic carbocycles. The number of hydrogen-bond donors (Lipinski definition) is 2. The number of piperidine rings is 1. The number of carbonyl (C=O) groups is 1. The van der Waals surface area contributed by atoms with Gasteiger partial charge < -0.3 is 5.32 Å². The molecule has 94 valence electrons. The zero-order valence-corrected chi connectivity index (χ0v) is 10.8. The molecule has 0 aliphatic carbocycles. The summed E-state index contributed by atoms with van der Waals surface area (Å²) in [5.41, 5.74) is -0.382. The first-order chi connectivity index (χ1) is 7.19. The predicted molar refractivity (Wildman–Crippen MR) is 62.1 cm³/mol. The van der Waals surface area contributed by atoms with Crippen LogP contribution in [-0.4, -0.2) is 28.1 Å². The lowest BCUT2D eigenvalue weighted by atomic mass is 9.79. The van der Waals surface area contributed by atoms with Gasteiger partial charge in [-0.2, -0.15) is 11.0 Å². The summed E-state index contributed by atoms with van der Waals surface area (Å²) in [6.07, 6.45) is 1.65. The Bertz CT molecular complexity index is 258. The van der Waals surface area contributed by atoms with E-state index in [0.717, 1.165) is 12.8 Å². The molecule has 0 bridgehead atoms. The number of nitrogens with one attached hydrogen (secondary N) is 1. The Kier molecular flexibility index (Phi) is 3.62. The second kappa shape index (κ2) is 4.31. The van der Waals surface area contributed by atoms with Gasteiger partial charge >= 0.3 is 0 Å². The number of nitrogens with two attached hydrogens (primary N) is 1. The Morgan fingerprint density at radius 1 is 1.31 bits per heavy atom. The third-order valence-electron chi connectivity index (χ3n) is 3.10. The van der Waals surface area contributed by atoms with E-state index in [1.807, 2.05) is 5.06 Å². The molecule has 16 heavy (non-hydrogen) atoms. The molecule has 1 fully saturated rings. The highest BCUT2D eigenvalue weighted by molar-refractivity contribution is 5.73. The molecule has 5 heteroatoms. The van der Waals surface area contributed by atoms with E-state index in [-0.39, 0.29) is 23.0 Å². The fourth-order valence-electron chi connectivity index (χ4n) is 2.94. The average Bonchev–Trinajstić information content (AvgIpc) is 1.97. The van der Waals surface area contributed by atoms with E-state index in [2.05, 4.69) is 33.0 Å². The van der Waals surface area contributed by atoms with Crippen LogP contribution < -0.4 is 11.2 Å². The first-order valence-electron chi connectivity index (χ1n) is 5.63. The molecular weight excluding hydrogens is 206 g/mol. The van der Waals surface area contributed by atoms with Gasteiger partial charge in [-0.25, -0.2) is 4.94 Å². The molecule has 0 spiro atoms. The van der Waals surface area contributed by atoms with E-state index in [9.17, 15) is 4.79 Å². The summed E-state index contributed by atoms with van der Waals surface area (Å²) in [6, 6.07) is 0.175. The van der Waals surface area contributed by atoms with Crippen molar-refractivity contribution in [2.24, 2.45) is 5.90 Å².